The third kappa shape index (κ3) is 2.45. The molecule has 3 fully saturated rings. The molecule has 3 unspecified atom stereocenters. The summed E-state index contributed by atoms with van der Waals surface area (Å²) in [5.74, 6) is 0.715. The molecule has 2 saturated heterocycles. The van der Waals surface area contributed by atoms with Crippen molar-refractivity contribution in [3.05, 3.63) is 0 Å². The standard InChI is InChI=1S/C15H28N2O/c1-12(16)13-4-8-17(11-13)14-5-9-18-15(10-14)6-2-3-7-15/h12-14H,2-11,16H2,1H3. The zero-order valence-corrected chi connectivity index (χ0v) is 11.7. The molecular formula is C15H28N2O. The van der Waals surface area contributed by atoms with Gasteiger partial charge in [-0.05, 0) is 51.5 Å². The summed E-state index contributed by atoms with van der Waals surface area (Å²) >= 11 is 0. The third-order valence-electron chi connectivity index (χ3n) is 5.50. The Morgan fingerprint density at radius 1 is 1.28 bits per heavy atom. The summed E-state index contributed by atoms with van der Waals surface area (Å²) in [6, 6.07) is 1.12. The van der Waals surface area contributed by atoms with Crippen LogP contribution in [-0.2, 0) is 4.74 Å². The van der Waals surface area contributed by atoms with E-state index in [1.54, 1.807) is 0 Å². The highest BCUT2D eigenvalue weighted by Crippen LogP contribution is 2.42. The predicted molar refractivity (Wildman–Crippen MR) is 73.5 cm³/mol. The maximum absolute atomic E-state index is 6.14. The molecule has 2 heterocycles. The van der Waals surface area contributed by atoms with E-state index in [0.717, 1.165) is 12.6 Å². The molecule has 3 nitrogen and oxygen atoms in total. The third-order valence-corrected chi connectivity index (χ3v) is 5.50. The largest absolute Gasteiger partial charge is 0.375 e. The first-order valence-corrected chi connectivity index (χ1v) is 7.82. The Kier molecular flexibility index (Phi) is 3.65. The highest BCUT2D eigenvalue weighted by Gasteiger charge is 2.42. The second-order valence-corrected chi connectivity index (χ2v) is 6.79. The highest BCUT2D eigenvalue weighted by molar-refractivity contribution is 4.96. The summed E-state index contributed by atoms with van der Waals surface area (Å²) in [6.07, 6.45) is 9.14. The van der Waals surface area contributed by atoms with Gasteiger partial charge >= 0.3 is 0 Å². The number of nitrogens with zero attached hydrogens (tertiary/aromatic N) is 1. The van der Waals surface area contributed by atoms with Crippen molar-refractivity contribution in [3.63, 3.8) is 0 Å². The van der Waals surface area contributed by atoms with Gasteiger partial charge in [0.25, 0.3) is 0 Å². The molecule has 0 aromatic rings. The first-order chi connectivity index (χ1) is 8.69. The lowest BCUT2D eigenvalue weighted by atomic mass is 9.88. The van der Waals surface area contributed by atoms with Crippen molar-refractivity contribution in [1.82, 2.24) is 4.90 Å². The molecule has 0 radical (unpaired) electrons. The normalized spacial score (nSPS) is 38.3. The number of nitrogens with two attached hydrogens (primary N) is 1. The lowest BCUT2D eigenvalue weighted by Gasteiger charge is -2.42. The van der Waals surface area contributed by atoms with Gasteiger partial charge in [0.15, 0.2) is 0 Å². The van der Waals surface area contributed by atoms with Gasteiger partial charge in [-0.15, -0.1) is 0 Å². The van der Waals surface area contributed by atoms with Crippen LogP contribution in [0.1, 0.15) is 51.9 Å². The molecule has 1 saturated carbocycles. The minimum absolute atomic E-state index is 0.259. The summed E-state index contributed by atoms with van der Waals surface area (Å²) in [7, 11) is 0. The van der Waals surface area contributed by atoms with Gasteiger partial charge in [-0.2, -0.15) is 0 Å². The minimum Gasteiger partial charge on any atom is -0.375 e. The van der Waals surface area contributed by atoms with E-state index in [1.165, 1.54) is 58.0 Å². The Morgan fingerprint density at radius 2 is 2.06 bits per heavy atom. The molecule has 1 aliphatic carbocycles. The van der Waals surface area contributed by atoms with Crippen molar-refractivity contribution in [2.75, 3.05) is 19.7 Å². The van der Waals surface area contributed by atoms with E-state index < -0.39 is 0 Å². The van der Waals surface area contributed by atoms with Gasteiger partial charge in [-0.25, -0.2) is 0 Å². The molecule has 0 amide bonds. The van der Waals surface area contributed by atoms with E-state index >= 15 is 0 Å². The van der Waals surface area contributed by atoms with Crippen LogP contribution in [0, 0.1) is 5.92 Å². The lowest BCUT2D eigenvalue weighted by Crippen LogP contribution is -2.47. The van der Waals surface area contributed by atoms with Crippen LogP contribution in [0.3, 0.4) is 0 Å². The van der Waals surface area contributed by atoms with Crippen molar-refractivity contribution < 1.29 is 4.74 Å². The van der Waals surface area contributed by atoms with Crippen LogP contribution in [0.15, 0.2) is 0 Å². The average molecular weight is 252 g/mol. The zero-order chi connectivity index (χ0) is 12.6. The quantitative estimate of drug-likeness (QED) is 0.818. The fourth-order valence-electron chi connectivity index (χ4n) is 4.26. The molecule has 0 aromatic carbocycles. The predicted octanol–water partition coefficient (Wildman–Crippen LogP) is 2.15. The Balaban J connectivity index is 1.59. The molecule has 104 valence electrons. The lowest BCUT2D eigenvalue weighted by molar-refractivity contribution is -0.0995. The number of rotatable bonds is 2. The number of likely N-dealkylation sites (tertiary alicyclic amines) is 1. The molecule has 18 heavy (non-hydrogen) atoms. The van der Waals surface area contributed by atoms with Crippen LogP contribution in [0.4, 0.5) is 0 Å². The van der Waals surface area contributed by atoms with Gasteiger partial charge in [0.05, 0.1) is 5.60 Å². The van der Waals surface area contributed by atoms with E-state index in [1.807, 2.05) is 0 Å². The Hall–Kier alpha value is -0.120. The van der Waals surface area contributed by atoms with E-state index in [4.69, 9.17) is 10.5 Å². The highest BCUT2D eigenvalue weighted by atomic mass is 16.5. The smallest absolute Gasteiger partial charge is 0.0697 e. The van der Waals surface area contributed by atoms with Gasteiger partial charge in [-0.1, -0.05) is 12.8 Å². The number of ether oxygens (including phenoxy) is 1. The average Bonchev–Trinajstić information content (AvgIpc) is 2.98. The van der Waals surface area contributed by atoms with Crippen LogP contribution in [0.2, 0.25) is 0 Å². The SMILES string of the molecule is CC(N)C1CCN(C2CCOC3(CCCC3)C2)C1. The second kappa shape index (κ2) is 5.10. The van der Waals surface area contributed by atoms with Gasteiger partial charge in [0.2, 0.25) is 0 Å². The van der Waals surface area contributed by atoms with E-state index in [0.29, 0.717) is 12.0 Å². The molecule has 3 rings (SSSR count). The van der Waals surface area contributed by atoms with Crippen molar-refractivity contribution in [2.24, 2.45) is 11.7 Å². The second-order valence-electron chi connectivity index (χ2n) is 6.79. The van der Waals surface area contributed by atoms with Crippen molar-refractivity contribution in [2.45, 2.75) is 69.6 Å². The molecule has 2 aliphatic heterocycles. The van der Waals surface area contributed by atoms with Crippen LogP contribution < -0.4 is 5.73 Å². The van der Waals surface area contributed by atoms with Crippen LogP contribution in [0.5, 0.6) is 0 Å². The Bertz CT molecular complexity index is 286. The topological polar surface area (TPSA) is 38.5 Å². The number of hydrogen-bond donors (Lipinski definition) is 1. The first-order valence-electron chi connectivity index (χ1n) is 7.82. The van der Waals surface area contributed by atoms with Gasteiger partial charge < -0.3 is 10.5 Å². The van der Waals surface area contributed by atoms with Gasteiger partial charge in [0.1, 0.15) is 0 Å². The maximum atomic E-state index is 6.14. The zero-order valence-electron chi connectivity index (χ0n) is 11.7. The van der Waals surface area contributed by atoms with Crippen LogP contribution in [0.25, 0.3) is 0 Å². The summed E-state index contributed by atoms with van der Waals surface area (Å²) in [5.41, 5.74) is 6.31. The summed E-state index contributed by atoms with van der Waals surface area (Å²) in [5, 5.41) is 0. The summed E-state index contributed by atoms with van der Waals surface area (Å²) in [6.45, 7) is 5.62. The monoisotopic (exact) mass is 252 g/mol. The minimum atomic E-state index is 0.259. The van der Waals surface area contributed by atoms with E-state index in [9.17, 15) is 0 Å². The first kappa shape index (κ1) is 12.9. The maximum Gasteiger partial charge on any atom is 0.0697 e. The molecule has 3 heteroatoms. The number of hydrogen-bond acceptors (Lipinski definition) is 3. The summed E-state index contributed by atoms with van der Waals surface area (Å²) in [4.78, 5) is 2.70. The fourth-order valence-corrected chi connectivity index (χ4v) is 4.26. The van der Waals surface area contributed by atoms with Crippen LogP contribution >= 0.6 is 0 Å². The van der Waals surface area contributed by atoms with Gasteiger partial charge in [-0.3, -0.25) is 4.90 Å². The molecule has 2 N–H and O–H groups in total. The Labute approximate surface area is 111 Å². The molecule has 3 atom stereocenters. The Morgan fingerprint density at radius 3 is 2.72 bits per heavy atom. The van der Waals surface area contributed by atoms with Crippen molar-refractivity contribution in [1.29, 1.82) is 0 Å². The molecular weight excluding hydrogens is 224 g/mol. The molecule has 3 aliphatic rings. The molecule has 0 bridgehead atoms. The van der Waals surface area contributed by atoms with Crippen molar-refractivity contribution in [3.8, 4) is 0 Å². The van der Waals surface area contributed by atoms with Crippen LogP contribution in [-0.4, -0.2) is 42.3 Å². The van der Waals surface area contributed by atoms with E-state index in [-0.39, 0.29) is 5.60 Å². The fraction of sp³-hybridized carbons (Fsp3) is 1.00. The van der Waals surface area contributed by atoms with Crippen molar-refractivity contribution >= 4 is 0 Å². The van der Waals surface area contributed by atoms with E-state index in [2.05, 4.69) is 11.8 Å². The molecule has 1 spiro atoms. The summed E-state index contributed by atoms with van der Waals surface area (Å²) < 4.78 is 6.14. The molecule has 0 aromatic heterocycles. The van der Waals surface area contributed by atoms with Gasteiger partial charge in [0, 0.05) is 25.2 Å².